The number of carbonyl (C=O) groups excluding carboxylic acids is 3. The largest absolute Gasteiger partial charge is 0.488 e. The SMILES string of the molecule is CCC(C)C(NC(=O)OC)C(=O)N1C[C@@H](COC)C[C@H]1c1nc(-c2ccc3c(c2)COc2cc4c(ccc5[nH]c([C@@H]6CC[C@H](C)N6C(=O)C(NC(=O)O)C(C)C)nc54)cc2-3)c(Br)[nH]1. The van der Waals surface area contributed by atoms with Crippen LogP contribution in [-0.2, 0) is 25.7 Å². The number of nitrogens with zero attached hydrogens (tertiary/aromatic N) is 4. The van der Waals surface area contributed by atoms with Crippen molar-refractivity contribution in [2.45, 2.75) is 97.1 Å². The topological polar surface area (TPSA) is 204 Å². The van der Waals surface area contributed by atoms with Crippen LogP contribution in [0.25, 0.3) is 44.2 Å². The summed E-state index contributed by atoms with van der Waals surface area (Å²) in [6, 6.07) is 12.1. The van der Waals surface area contributed by atoms with Crippen molar-refractivity contribution in [3.05, 3.63) is 64.3 Å². The van der Waals surface area contributed by atoms with E-state index in [1.165, 1.54) is 7.11 Å². The molecule has 4 amide bonds. The van der Waals surface area contributed by atoms with E-state index in [-0.39, 0.29) is 47.7 Å². The predicted octanol–water partition coefficient (Wildman–Crippen LogP) is 8.08. The van der Waals surface area contributed by atoms with Crippen molar-refractivity contribution in [2.24, 2.45) is 17.8 Å². The number of amides is 4. The molecule has 3 aromatic carbocycles. The van der Waals surface area contributed by atoms with Crippen molar-refractivity contribution >= 4 is 61.7 Å². The van der Waals surface area contributed by atoms with Gasteiger partial charge in [-0.25, -0.2) is 19.6 Å². The number of rotatable bonds is 12. The lowest BCUT2D eigenvalue weighted by atomic mass is 9.92. The number of ether oxygens (including phenoxy) is 3. The summed E-state index contributed by atoms with van der Waals surface area (Å²) in [5.74, 6) is 1.35. The highest BCUT2D eigenvalue weighted by atomic mass is 79.9. The van der Waals surface area contributed by atoms with Gasteiger partial charge in [0, 0.05) is 42.1 Å². The summed E-state index contributed by atoms with van der Waals surface area (Å²) >= 11 is 3.73. The minimum Gasteiger partial charge on any atom is -0.488 e. The molecule has 3 aliphatic heterocycles. The van der Waals surface area contributed by atoms with Crippen LogP contribution in [0.4, 0.5) is 9.59 Å². The Labute approximate surface area is 374 Å². The molecule has 2 saturated heterocycles. The molecule has 8 rings (SSSR count). The molecule has 2 fully saturated rings. The smallest absolute Gasteiger partial charge is 0.407 e. The number of fused-ring (bicyclic) bond motifs is 6. The Bertz CT molecular complexity index is 2570. The predicted molar refractivity (Wildman–Crippen MR) is 240 cm³/mol. The molecule has 334 valence electrons. The molecular formula is C46H55BrN8O8. The number of carbonyl (C=O) groups is 4. The zero-order valence-electron chi connectivity index (χ0n) is 36.6. The van der Waals surface area contributed by atoms with Crippen LogP contribution in [0.3, 0.4) is 0 Å². The standard InChI is InChI=1S/C46H55BrN8O8/c1-8-23(4)37(52-46(60)62-7)43(56)54-19-25(20-61-6)15-34(54)42-49-38(40(47)53-42)27-10-12-29-28(16-27)21-63-35-18-30-26(17-31(29)35)11-13-32-39(30)50-41(48-32)33-14-9-24(5)55(33)44(57)36(22(2)3)51-45(58)59/h10-13,16-18,22-25,33-34,36-37,51H,8-9,14-15,19-21H2,1-7H3,(H,48,50)(H,49,53)(H,52,60)(H,58,59)/t23?,24-,25-,33-,34-,36?,37?/m0/s1. The molecule has 3 aliphatic rings. The van der Waals surface area contributed by atoms with E-state index in [2.05, 4.69) is 60.8 Å². The second-order valence-electron chi connectivity index (χ2n) is 17.5. The number of hydrogen-bond donors (Lipinski definition) is 5. The molecule has 5 heterocycles. The first-order valence-corrected chi connectivity index (χ1v) is 22.4. The quantitative estimate of drug-likeness (QED) is 0.0814. The summed E-state index contributed by atoms with van der Waals surface area (Å²) in [6.07, 6.45) is 0.940. The Morgan fingerprint density at radius 3 is 2.44 bits per heavy atom. The van der Waals surface area contributed by atoms with E-state index in [4.69, 9.17) is 24.2 Å². The minimum absolute atomic E-state index is 0.0747. The van der Waals surface area contributed by atoms with Gasteiger partial charge < -0.3 is 49.7 Å². The summed E-state index contributed by atoms with van der Waals surface area (Å²) in [4.78, 5) is 72.6. The maximum absolute atomic E-state index is 14.2. The van der Waals surface area contributed by atoms with Crippen LogP contribution >= 0.6 is 15.9 Å². The molecule has 3 unspecified atom stereocenters. The highest BCUT2D eigenvalue weighted by Gasteiger charge is 2.43. The van der Waals surface area contributed by atoms with Crippen LogP contribution in [0.2, 0.25) is 0 Å². The van der Waals surface area contributed by atoms with E-state index >= 15 is 0 Å². The molecule has 5 aromatic rings. The van der Waals surface area contributed by atoms with Gasteiger partial charge in [-0.3, -0.25) is 9.59 Å². The summed E-state index contributed by atoms with van der Waals surface area (Å²) in [5, 5.41) is 16.6. The number of carboxylic acid groups (broad SMARTS) is 1. The number of aromatic nitrogens is 4. The molecule has 2 aromatic heterocycles. The summed E-state index contributed by atoms with van der Waals surface area (Å²) in [6.45, 7) is 10.9. The number of aromatic amines is 2. The van der Waals surface area contributed by atoms with Crippen molar-refractivity contribution < 1.29 is 38.5 Å². The summed E-state index contributed by atoms with van der Waals surface area (Å²) < 4.78 is 17.5. The zero-order valence-corrected chi connectivity index (χ0v) is 38.2. The molecule has 5 N–H and O–H groups in total. The Balaban J connectivity index is 1.07. The second-order valence-corrected chi connectivity index (χ2v) is 18.3. The van der Waals surface area contributed by atoms with Gasteiger partial charge in [-0.1, -0.05) is 52.3 Å². The molecule has 7 atom stereocenters. The van der Waals surface area contributed by atoms with Gasteiger partial charge >= 0.3 is 12.2 Å². The first-order chi connectivity index (χ1) is 30.2. The van der Waals surface area contributed by atoms with Crippen LogP contribution < -0.4 is 15.4 Å². The third-order valence-corrected chi connectivity index (χ3v) is 13.7. The van der Waals surface area contributed by atoms with Gasteiger partial charge in [-0.15, -0.1) is 0 Å². The Kier molecular flexibility index (Phi) is 12.4. The van der Waals surface area contributed by atoms with Crippen LogP contribution in [0.5, 0.6) is 5.75 Å². The van der Waals surface area contributed by atoms with E-state index < -0.39 is 24.3 Å². The second kappa shape index (κ2) is 17.8. The van der Waals surface area contributed by atoms with Crippen molar-refractivity contribution in [1.29, 1.82) is 0 Å². The molecule has 0 saturated carbocycles. The lowest BCUT2D eigenvalue weighted by Gasteiger charge is -2.32. The van der Waals surface area contributed by atoms with Gasteiger partial charge in [0.2, 0.25) is 11.8 Å². The number of H-pyrrole nitrogens is 2. The first kappa shape index (κ1) is 43.9. The zero-order chi connectivity index (χ0) is 44.9. The van der Waals surface area contributed by atoms with E-state index in [1.807, 2.05) is 52.8 Å². The maximum Gasteiger partial charge on any atom is 0.407 e. The number of hydrogen-bond acceptors (Lipinski definition) is 9. The number of imidazole rings is 2. The minimum atomic E-state index is -1.23. The van der Waals surface area contributed by atoms with Crippen molar-refractivity contribution in [2.75, 3.05) is 27.4 Å². The Morgan fingerprint density at radius 1 is 0.952 bits per heavy atom. The molecule has 0 radical (unpaired) electrons. The lowest BCUT2D eigenvalue weighted by Crippen LogP contribution is -2.52. The van der Waals surface area contributed by atoms with E-state index in [9.17, 15) is 24.3 Å². The van der Waals surface area contributed by atoms with Crippen LogP contribution in [0.1, 0.15) is 89.6 Å². The van der Waals surface area contributed by atoms with Crippen LogP contribution in [0.15, 0.2) is 47.1 Å². The van der Waals surface area contributed by atoms with E-state index in [1.54, 1.807) is 16.9 Å². The van der Waals surface area contributed by atoms with E-state index in [0.717, 1.165) is 56.2 Å². The molecule has 0 bridgehead atoms. The molecule has 0 spiro atoms. The highest BCUT2D eigenvalue weighted by molar-refractivity contribution is 9.10. The van der Waals surface area contributed by atoms with Crippen molar-refractivity contribution in [1.82, 2.24) is 40.4 Å². The van der Waals surface area contributed by atoms with E-state index in [0.29, 0.717) is 61.0 Å². The van der Waals surface area contributed by atoms with Gasteiger partial charge in [0.15, 0.2) is 0 Å². The monoisotopic (exact) mass is 926 g/mol. The van der Waals surface area contributed by atoms with Crippen molar-refractivity contribution in [3.8, 4) is 28.1 Å². The third-order valence-electron chi connectivity index (χ3n) is 13.1. The highest BCUT2D eigenvalue weighted by Crippen LogP contribution is 2.45. The Hall–Kier alpha value is -5.68. The lowest BCUT2D eigenvalue weighted by molar-refractivity contribution is -0.137. The van der Waals surface area contributed by atoms with Gasteiger partial charge in [0.05, 0.1) is 36.8 Å². The number of likely N-dealkylation sites (tertiary alicyclic amines) is 2. The normalized spacial score (nSPS) is 20.9. The number of nitrogens with one attached hydrogen (secondary N) is 4. The molecule has 16 nitrogen and oxygen atoms in total. The fourth-order valence-corrected chi connectivity index (χ4v) is 10.1. The molecular weight excluding hydrogens is 872 g/mol. The third kappa shape index (κ3) is 8.32. The molecule has 63 heavy (non-hydrogen) atoms. The fourth-order valence-electron chi connectivity index (χ4n) is 9.59. The van der Waals surface area contributed by atoms with Gasteiger partial charge in [0.1, 0.15) is 46.4 Å². The van der Waals surface area contributed by atoms with Gasteiger partial charge in [-0.2, -0.15) is 0 Å². The average molecular weight is 928 g/mol. The fraction of sp³-hybridized carbons (Fsp3) is 0.478. The molecule has 17 heteroatoms. The van der Waals surface area contributed by atoms with Gasteiger partial charge in [-0.05, 0) is 94.7 Å². The van der Waals surface area contributed by atoms with Gasteiger partial charge in [0.25, 0.3) is 0 Å². The Morgan fingerprint density at radius 2 is 1.73 bits per heavy atom. The van der Waals surface area contributed by atoms with Crippen LogP contribution in [-0.4, -0.2) is 104 Å². The molecule has 0 aliphatic carbocycles. The number of alkyl carbamates (subject to hydrolysis) is 1. The summed E-state index contributed by atoms with van der Waals surface area (Å²) in [7, 11) is 2.94. The summed E-state index contributed by atoms with van der Waals surface area (Å²) in [5.41, 5.74) is 6.20. The van der Waals surface area contributed by atoms with Crippen molar-refractivity contribution in [3.63, 3.8) is 0 Å². The number of halogens is 1. The average Bonchev–Trinajstić information content (AvgIpc) is 4.07. The maximum atomic E-state index is 14.2. The number of benzene rings is 3. The first-order valence-electron chi connectivity index (χ1n) is 21.6. The number of methoxy groups -OCH3 is 2. The van der Waals surface area contributed by atoms with Crippen LogP contribution in [0, 0.1) is 17.8 Å².